The van der Waals surface area contributed by atoms with Crippen LogP contribution < -0.4 is 9.80 Å². The zero-order valence-electron chi connectivity index (χ0n) is 10.8. The summed E-state index contributed by atoms with van der Waals surface area (Å²) in [6.07, 6.45) is 3.74. The van der Waals surface area contributed by atoms with E-state index in [0.717, 1.165) is 32.1 Å². The fraction of sp³-hybridized carbons (Fsp3) is 0.385. The molecule has 100 valence electrons. The number of rotatable bonds is 2. The molecule has 3 rings (SSSR count). The molecule has 0 amide bonds. The number of anilines is 2. The largest absolute Gasteiger partial charge is 0.353 e. The Morgan fingerprint density at radius 1 is 1.11 bits per heavy atom. The molecule has 0 atom stereocenters. The van der Waals surface area contributed by atoms with Gasteiger partial charge < -0.3 is 14.4 Å². The third kappa shape index (κ3) is 2.38. The van der Waals surface area contributed by atoms with Gasteiger partial charge in [-0.1, -0.05) is 6.07 Å². The molecule has 6 heteroatoms. The van der Waals surface area contributed by atoms with Crippen LogP contribution in [0.2, 0.25) is 0 Å². The van der Waals surface area contributed by atoms with Crippen LogP contribution in [-0.2, 0) is 7.05 Å². The van der Waals surface area contributed by atoms with Crippen LogP contribution in [0.15, 0.2) is 30.6 Å². The summed E-state index contributed by atoms with van der Waals surface area (Å²) in [6.45, 7) is 3.37. The van der Waals surface area contributed by atoms with Gasteiger partial charge in [-0.25, -0.2) is 9.97 Å². The van der Waals surface area contributed by atoms with Gasteiger partial charge in [0.1, 0.15) is 5.82 Å². The standard InChI is InChI=1S/C13H16FN5/c1-17-6-5-15-13(17)19-9-7-18(8-10-19)12-4-2-3-11(14)16-12/h2-6H,7-10H2,1H3. The third-order valence-electron chi connectivity index (χ3n) is 3.38. The molecular weight excluding hydrogens is 245 g/mol. The van der Waals surface area contributed by atoms with Crippen molar-refractivity contribution in [3.63, 3.8) is 0 Å². The van der Waals surface area contributed by atoms with E-state index < -0.39 is 5.95 Å². The van der Waals surface area contributed by atoms with Gasteiger partial charge in [-0.05, 0) is 12.1 Å². The summed E-state index contributed by atoms with van der Waals surface area (Å²) in [5.41, 5.74) is 0. The number of piperazine rings is 1. The second-order valence-corrected chi connectivity index (χ2v) is 4.63. The first-order chi connectivity index (χ1) is 9.24. The molecule has 0 saturated carbocycles. The maximum absolute atomic E-state index is 13.1. The fourth-order valence-electron chi connectivity index (χ4n) is 2.37. The zero-order chi connectivity index (χ0) is 13.2. The maximum atomic E-state index is 13.1. The molecule has 1 saturated heterocycles. The summed E-state index contributed by atoms with van der Waals surface area (Å²) < 4.78 is 15.1. The number of halogens is 1. The van der Waals surface area contributed by atoms with Gasteiger partial charge in [0.15, 0.2) is 0 Å². The van der Waals surface area contributed by atoms with Crippen molar-refractivity contribution in [2.75, 3.05) is 36.0 Å². The van der Waals surface area contributed by atoms with Crippen molar-refractivity contribution >= 4 is 11.8 Å². The van der Waals surface area contributed by atoms with Crippen LogP contribution >= 0.6 is 0 Å². The van der Waals surface area contributed by atoms with Gasteiger partial charge in [0.05, 0.1) is 0 Å². The smallest absolute Gasteiger partial charge is 0.214 e. The molecule has 3 heterocycles. The summed E-state index contributed by atoms with van der Waals surface area (Å²) in [5, 5.41) is 0. The Labute approximate surface area is 111 Å². The SMILES string of the molecule is Cn1ccnc1N1CCN(c2cccc(F)n2)CC1. The summed E-state index contributed by atoms with van der Waals surface area (Å²) in [7, 11) is 1.99. The van der Waals surface area contributed by atoms with Crippen molar-refractivity contribution in [3.8, 4) is 0 Å². The Bertz CT molecular complexity index is 560. The highest BCUT2D eigenvalue weighted by molar-refractivity contribution is 5.42. The lowest BCUT2D eigenvalue weighted by Gasteiger charge is -2.35. The molecule has 0 aromatic carbocycles. The van der Waals surface area contributed by atoms with Crippen LogP contribution in [0.1, 0.15) is 0 Å². The first-order valence-electron chi connectivity index (χ1n) is 6.34. The second kappa shape index (κ2) is 4.87. The average molecular weight is 261 g/mol. The minimum absolute atomic E-state index is 0.427. The van der Waals surface area contributed by atoms with E-state index >= 15 is 0 Å². The highest BCUT2D eigenvalue weighted by Crippen LogP contribution is 2.17. The number of pyridine rings is 1. The molecule has 0 aliphatic carbocycles. The van der Waals surface area contributed by atoms with E-state index in [1.54, 1.807) is 12.3 Å². The van der Waals surface area contributed by atoms with Crippen molar-refractivity contribution in [1.82, 2.24) is 14.5 Å². The molecule has 5 nitrogen and oxygen atoms in total. The predicted molar refractivity (Wildman–Crippen MR) is 71.8 cm³/mol. The van der Waals surface area contributed by atoms with Crippen molar-refractivity contribution in [1.29, 1.82) is 0 Å². The molecule has 2 aromatic rings. The molecule has 1 aliphatic rings. The number of hydrogen-bond acceptors (Lipinski definition) is 4. The lowest BCUT2D eigenvalue weighted by atomic mass is 10.3. The second-order valence-electron chi connectivity index (χ2n) is 4.63. The highest BCUT2D eigenvalue weighted by Gasteiger charge is 2.20. The third-order valence-corrected chi connectivity index (χ3v) is 3.38. The highest BCUT2D eigenvalue weighted by atomic mass is 19.1. The number of aryl methyl sites for hydroxylation is 1. The monoisotopic (exact) mass is 261 g/mol. The molecule has 2 aromatic heterocycles. The van der Waals surface area contributed by atoms with E-state index in [1.165, 1.54) is 6.07 Å². The summed E-state index contributed by atoms with van der Waals surface area (Å²) in [4.78, 5) is 12.6. The van der Waals surface area contributed by atoms with E-state index in [-0.39, 0.29) is 0 Å². The van der Waals surface area contributed by atoms with Gasteiger partial charge in [-0.3, -0.25) is 0 Å². The topological polar surface area (TPSA) is 37.2 Å². The first kappa shape index (κ1) is 12.0. The molecule has 0 radical (unpaired) electrons. The summed E-state index contributed by atoms with van der Waals surface area (Å²) in [5.74, 6) is 1.26. The molecule has 1 fully saturated rings. The van der Waals surface area contributed by atoms with E-state index in [4.69, 9.17) is 0 Å². The maximum Gasteiger partial charge on any atom is 0.214 e. The van der Waals surface area contributed by atoms with E-state index in [9.17, 15) is 4.39 Å². The normalized spacial score (nSPS) is 15.9. The molecule has 0 unspecified atom stereocenters. The molecule has 0 N–H and O–H groups in total. The van der Waals surface area contributed by atoms with Gasteiger partial charge in [-0.15, -0.1) is 0 Å². The fourth-order valence-corrected chi connectivity index (χ4v) is 2.37. The first-order valence-corrected chi connectivity index (χ1v) is 6.34. The van der Waals surface area contributed by atoms with Gasteiger partial charge in [0, 0.05) is 45.6 Å². The summed E-state index contributed by atoms with van der Waals surface area (Å²) >= 11 is 0. The Hall–Kier alpha value is -2.11. The molecular formula is C13H16FN5. The molecule has 0 spiro atoms. The summed E-state index contributed by atoms with van der Waals surface area (Å²) in [6, 6.07) is 4.91. The Morgan fingerprint density at radius 2 is 1.84 bits per heavy atom. The van der Waals surface area contributed by atoms with Gasteiger partial charge >= 0.3 is 0 Å². The van der Waals surface area contributed by atoms with Crippen LogP contribution in [0.4, 0.5) is 16.2 Å². The van der Waals surface area contributed by atoms with E-state index in [0.29, 0.717) is 5.82 Å². The van der Waals surface area contributed by atoms with Crippen LogP contribution in [0, 0.1) is 5.95 Å². The van der Waals surface area contributed by atoms with Gasteiger partial charge in [0.2, 0.25) is 11.9 Å². The average Bonchev–Trinajstić information content (AvgIpc) is 2.85. The van der Waals surface area contributed by atoms with E-state index in [2.05, 4.69) is 19.8 Å². The number of nitrogens with zero attached hydrogens (tertiary/aromatic N) is 5. The van der Waals surface area contributed by atoms with Crippen molar-refractivity contribution in [3.05, 3.63) is 36.5 Å². The van der Waals surface area contributed by atoms with Crippen LogP contribution in [0.3, 0.4) is 0 Å². The predicted octanol–water partition coefficient (Wildman–Crippen LogP) is 1.28. The number of hydrogen-bond donors (Lipinski definition) is 0. The van der Waals surface area contributed by atoms with Crippen molar-refractivity contribution in [2.45, 2.75) is 0 Å². The van der Waals surface area contributed by atoms with Crippen LogP contribution in [-0.4, -0.2) is 40.7 Å². The van der Waals surface area contributed by atoms with Crippen LogP contribution in [0.5, 0.6) is 0 Å². The lowest BCUT2D eigenvalue weighted by Crippen LogP contribution is -2.47. The van der Waals surface area contributed by atoms with Crippen LogP contribution in [0.25, 0.3) is 0 Å². The number of aromatic nitrogens is 3. The minimum Gasteiger partial charge on any atom is -0.353 e. The minimum atomic E-state index is -0.427. The molecule has 19 heavy (non-hydrogen) atoms. The molecule has 0 bridgehead atoms. The quantitative estimate of drug-likeness (QED) is 0.763. The lowest BCUT2D eigenvalue weighted by molar-refractivity contribution is 0.573. The van der Waals surface area contributed by atoms with Crippen molar-refractivity contribution < 1.29 is 4.39 Å². The van der Waals surface area contributed by atoms with Gasteiger partial charge in [0.25, 0.3) is 0 Å². The Kier molecular flexibility index (Phi) is 3.06. The zero-order valence-corrected chi connectivity index (χ0v) is 10.8. The molecule has 1 aliphatic heterocycles. The number of imidazole rings is 1. The van der Waals surface area contributed by atoms with E-state index in [1.807, 2.05) is 23.9 Å². The van der Waals surface area contributed by atoms with Crippen molar-refractivity contribution in [2.24, 2.45) is 7.05 Å². The Morgan fingerprint density at radius 3 is 2.47 bits per heavy atom. The van der Waals surface area contributed by atoms with Gasteiger partial charge in [-0.2, -0.15) is 4.39 Å². The Balaban J connectivity index is 1.68.